The summed E-state index contributed by atoms with van der Waals surface area (Å²) in [5, 5.41) is 6.32. The Morgan fingerprint density at radius 2 is 1.78 bits per heavy atom. The maximum Gasteiger partial charge on any atom is 0.235 e. The number of rotatable bonds is 9. The molecule has 0 saturated carbocycles. The first-order valence-corrected chi connectivity index (χ1v) is 9.39. The van der Waals surface area contributed by atoms with Gasteiger partial charge in [0, 0.05) is 6.07 Å². The summed E-state index contributed by atoms with van der Waals surface area (Å²) in [5.41, 5.74) is 0. The van der Waals surface area contributed by atoms with Crippen molar-refractivity contribution < 1.29 is 22.9 Å². The minimum atomic E-state index is -0.246. The van der Waals surface area contributed by atoms with E-state index in [-0.39, 0.29) is 23.3 Å². The monoisotopic (exact) mass is 389 g/mol. The Kier molecular flexibility index (Phi) is 6.37. The van der Waals surface area contributed by atoms with E-state index in [4.69, 9.17) is 13.4 Å². The Labute approximate surface area is 159 Å². The molecule has 9 heteroatoms. The number of nitrogens with one attached hydrogen (secondary N) is 1. The molecular formula is C18H19N3O5S. The molecule has 3 heterocycles. The lowest BCUT2D eigenvalue weighted by Gasteiger charge is -2.20. The van der Waals surface area contributed by atoms with Gasteiger partial charge in [0.1, 0.15) is 17.3 Å². The van der Waals surface area contributed by atoms with Gasteiger partial charge in [0.15, 0.2) is 5.82 Å². The number of furan rings is 2. The lowest BCUT2D eigenvalue weighted by atomic mass is 10.3. The van der Waals surface area contributed by atoms with Crippen LogP contribution in [-0.4, -0.2) is 33.4 Å². The second-order valence-electron chi connectivity index (χ2n) is 5.77. The van der Waals surface area contributed by atoms with Crippen LogP contribution in [0.1, 0.15) is 17.3 Å². The van der Waals surface area contributed by atoms with E-state index < -0.39 is 0 Å². The number of thioether (sulfide) groups is 1. The summed E-state index contributed by atoms with van der Waals surface area (Å²) in [6, 6.07) is 8.79. The molecule has 0 unspecified atom stereocenters. The van der Waals surface area contributed by atoms with Crippen LogP contribution in [0.5, 0.6) is 0 Å². The predicted molar refractivity (Wildman–Crippen MR) is 98.9 cm³/mol. The summed E-state index contributed by atoms with van der Waals surface area (Å²) in [4.78, 5) is 26.1. The number of hydrogen-bond acceptors (Lipinski definition) is 7. The summed E-state index contributed by atoms with van der Waals surface area (Å²) >= 11 is 1.23. The molecule has 0 bridgehead atoms. The first-order valence-electron chi connectivity index (χ1n) is 8.23. The molecule has 3 aromatic heterocycles. The molecule has 0 atom stereocenters. The number of hydrogen-bond donors (Lipinski definition) is 1. The Morgan fingerprint density at radius 3 is 2.30 bits per heavy atom. The van der Waals surface area contributed by atoms with Gasteiger partial charge in [-0.15, -0.1) is 11.8 Å². The minimum absolute atomic E-state index is 0.113. The van der Waals surface area contributed by atoms with E-state index in [2.05, 4.69) is 10.5 Å². The molecule has 1 N–H and O–H groups in total. The average molecular weight is 389 g/mol. The van der Waals surface area contributed by atoms with E-state index in [1.807, 2.05) is 12.1 Å². The topological polar surface area (TPSA) is 102 Å². The number of carbonyl (C=O) groups is 2. The van der Waals surface area contributed by atoms with Crippen LogP contribution in [0.3, 0.4) is 0 Å². The fourth-order valence-electron chi connectivity index (χ4n) is 2.34. The lowest BCUT2D eigenvalue weighted by molar-refractivity contribution is -0.130. The van der Waals surface area contributed by atoms with Crippen LogP contribution < -0.4 is 5.32 Å². The van der Waals surface area contributed by atoms with Gasteiger partial charge in [-0.1, -0.05) is 5.16 Å². The van der Waals surface area contributed by atoms with Gasteiger partial charge < -0.3 is 23.6 Å². The molecule has 0 saturated heterocycles. The van der Waals surface area contributed by atoms with Crippen molar-refractivity contribution >= 4 is 29.4 Å². The lowest BCUT2D eigenvalue weighted by Crippen LogP contribution is -2.31. The zero-order chi connectivity index (χ0) is 19.1. The van der Waals surface area contributed by atoms with E-state index in [1.165, 1.54) is 11.8 Å². The summed E-state index contributed by atoms with van der Waals surface area (Å²) < 4.78 is 15.6. The average Bonchev–Trinajstić information content (AvgIpc) is 3.38. The molecule has 3 aromatic rings. The van der Waals surface area contributed by atoms with Crippen LogP contribution in [0.25, 0.3) is 0 Å². The van der Waals surface area contributed by atoms with Crippen molar-refractivity contribution in [1.82, 2.24) is 10.1 Å². The zero-order valence-corrected chi connectivity index (χ0v) is 15.5. The molecule has 2 amide bonds. The molecule has 3 rings (SSSR count). The molecule has 8 nitrogen and oxygen atoms in total. The Hall–Kier alpha value is -2.94. The van der Waals surface area contributed by atoms with Gasteiger partial charge in [0.25, 0.3) is 0 Å². The maximum absolute atomic E-state index is 12.6. The third-order valence-corrected chi connectivity index (χ3v) is 4.48. The molecule has 142 valence electrons. The normalized spacial score (nSPS) is 10.7. The summed E-state index contributed by atoms with van der Waals surface area (Å²) in [6.07, 6.45) is 3.13. The van der Waals surface area contributed by atoms with Crippen molar-refractivity contribution in [1.29, 1.82) is 0 Å². The van der Waals surface area contributed by atoms with E-state index >= 15 is 0 Å². The van der Waals surface area contributed by atoms with E-state index in [1.54, 1.807) is 42.5 Å². The van der Waals surface area contributed by atoms with Crippen molar-refractivity contribution in [3.63, 3.8) is 0 Å². The molecule has 0 aliphatic carbocycles. The Bertz CT molecular complexity index is 821. The Morgan fingerprint density at radius 1 is 1.11 bits per heavy atom. The fraction of sp³-hybridized carbons (Fsp3) is 0.278. The fourth-order valence-corrected chi connectivity index (χ4v) is 3.06. The van der Waals surface area contributed by atoms with Crippen LogP contribution in [0.2, 0.25) is 0 Å². The van der Waals surface area contributed by atoms with E-state index in [0.29, 0.717) is 36.2 Å². The van der Waals surface area contributed by atoms with Gasteiger partial charge in [-0.3, -0.25) is 9.59 Å². The highest BCUT2D eigenvalue weighted by molar-refractivity contribution is 8.00. The second-order valence-corrected chi connectivity index (χ2v) is 6.76. The molecule has 0 radical (unpaired) electrons. The highest BCUT2D eigenvalue weighted by atomic mass is 32.2. The highest BCUT2D eigenvalue weighted by Gasteiger charge is 2.18. The summed E-state index contributed by atoms with van der Waals surface area (Å²) in [7, 11) is 0. The molecule has 0 aliphatic rings. The smallest absolute Gasteiger partial charge is 0.235 e. The number of carbonyl (C=O) groups excluding carboxylic acids is 2. The number of anilines is 1. The summed E-state index contributed by atoms with van der Waals surface area (Å²) in [6.45, 7) is 2.40. The largest absolute Gasteiger partial charge is 0.467 e. The van der Waals surface area contributed by atoms with Gasteiger partial charge in [-0.2, -0.15) is 0 Å². The van der Waals surface area contributed by atoms with Gasteiger partial charge in [0.05, 0.1) is 37.1 Å². The molecule has 0 aliphatic heterocycles. The number of aromatic nitrogens is 1. The highest BCUT2D eigenvalue weighted by Crippen LogP contribution is 2.14. The molecule has 0 aromatic carbocycles. The van der Waals surface area contributed by atoms with Crippen LogP contribution >= 0.6 is 11.8 Å². The third kappa shape index (κ3) is 5.78. The Balaban J connectivity index is 1.50. The van der Waals surface area contributed by atoms with E-state index in [0.717, 1.165) is 0 Å². The summed E-state index contributed by atoms with van der Waals surface area (Å²) in [5.74, 6) is 2.27. The standard InChI is InChI=1S/C18H19N3O5S/c1-13-8-16(20-26-13)19-17(22)11-27-12-18(23)21(9-14-4-2-6-24-14)10-15-5-3-7-25-15/h2-8H,9-12H2,1H3,(H,19,20,22). The van der Waals surface area contributed by atoms with Gasteiger partial charge in [-0.25, -0.2) is 0 Å². The van der Waals surface area contributed by atoms with Gasteiger partial charge >= 0.3 is 0 Å². The van der Waals surface area contributed by atoms with Crippen molar-refractivity contribution in [2.45, 2.75) is 20.0 Å². The van der Waals surface area contributed by atoms with Crippen molar-refractivity contribution in [3.8, 4) is 0 Å². The number of amides is 2. The van der Waals surface area contributed by atoms with E-state index in [9.17, 15) is 9.59 Å². The number of nitrogens with zero attached hydrogens (tertiary/aromatic N) is 2. The maximum atomic E-state index is 12.6. The van der Waals surface area contributed by atoms with Crippen molar-refractivity contribution in [2.24, 2.45) is 0 Å². The SMILES string of the molecule is Cc1cc(NC(=O)CSCC(=O)N(Cc2ccco2)Cc2ccco2)no1. The minimum Gasteiger partial charge on any atom is -0.467 e. The van der Waals surface area contributed by atoms with Crippen LogP contribution in [-0.2, 0) is 22.7 Å². The first kappa shape index (κ1) is 18.8. The molecule has 0 fully saturated rings. The van der Waals surface area contributed by atoms with Crippen LogP contribution in [0, 0.1) is 6.92 Å². The van der Waals surface area contributed by atoms with Crippen LogP contribution in [0.15, 0.2) is 56.2 Å². The van der Waals surface area contributed by atoms with Crippen molar-refractivity contribution in [3.05, 3.63) is 60.1 Å². The molecular weight excluding hydrogens is 370 g/mol. The third-order valence-electron chi connectivity index (χ3n) is 3.56. The van der Waals surface area contributed by atoms with Gasteiger partial charge in [-0.05, 0) is 31.2 Å². The van der Waals surface area contributed by atoms with Gasteiger partial charge in [0.2, 0.25) is 11.8 Å². The second kappa shape index (κ2) is 9.13. The number of aryl methyl sites for hydroxylation is 1. The quantitative estimate of drug-likeness (QED) is 0.600. The predicted octanol–water partition coefficient (Wildman–Crippen LogP) is 3.07. The molecule has 0 spiro atoms. The molecule has 27 heavy (non-hydrogen) atoms. The zero-order valence-electron chi connectivity index (χ0n) is 14.7. The van der Waals surface area contributed by atoms with Crippen LogP contribution in [0.4, 0.5) is 5.82 Å². The first-order chi connectivity index (χ1) is 13.1. The van der Waals surface area contributed by atoms with Crippen molar-refractivity contribution in [2.75, 3.05) is 16.8 Å².